The Morgan fingerprint density at radius 2 is 2.17 bits per heavy atom. The predicted molar refractivity (Wildman–Crippen MR) is 76.2 cm³/mol. The van der Waals surface area contributed by atoms with Gasteiger partial charge in [-0.1, -0.05) is 19.9 Å². The van der Waals surface area contributed by atoms with Gasteiger partial charge in [0.2, 0.25) is 0 Å². The summed E-state index contributed by atoms with van der Waals surface area (Å²) in [4.78, 5) is 1.24. The van der Waals surface area contributed by atoms with Gasteiger partial charge in [0, 0.05) is 22.4 Å². The lowest BCUT2D eigenvalue weighted by molar-refractivity contribution is 0.291. The van der Waals surface area contributed by atoms with Crippen molar-refractivity contribution in [1.82, 2.24) is 0 Å². The molecule has 2 aromatic rings. The fraction of sp³-hybridized carbons (Fsp3) is 0.333. The molecule has 0 fully saturated rings. The topological polar surface area (TPSA) is 35.2 Å². The van der Waals surface area contributed by atoms with Gasteiger partial charge in [-0.25, -0.2) is 0 Å². The first-order valence-electron chi connectivity index (χ1n) is 6.16. The number of rotatable bonds is 2. The van der Waals surface area contributed by atoms with Crippen LogP contribution < -0.4 is 10.5 Å². The minimum absolute atomic E-state index is 0.101. The minimum atomic E-state index is 0.101. The third-order valence-electron chi connectivity index (χ3n) is 3.54. The van der Waals surface area contributed by atoms with Gasteiger partial charge in [-0.3, -0.25) is 0 Å². The first-order chi connectivity index (χ1) is 8.62. The number of ether oxygens (including phenoxy) is 1. The summed E-state index contributed by atoms with van der Waals surface area (Å²) in [5.41, 5.74) is 9.69. The highest BCUT2D eigenvalue weighted by Gasteiger charge is 2.31. The number of fused-ring (bicyclic) bond motifs is 1. The van der Waals surface area contributed by atoms with E-state index in [1.807, 2.05) is 0 Å². The lowest BCUT2D eigenvalue weighted by Crippen LogP contribution is -2.18. The Labute approximate surface area is 111 Å². The van der Waals surface area contributed by atoms with Crippen LogP contribution in [0.2, 0.25) is 0 Å². The van der Waals surface area contributed by atoms with E-state index >= 15 is 0 Å². The van der Waals surface area contributed by atoms with E-state index in [1.165, 1.54) is 21.6 Å². The summed E-state index contributed by atoms with van der Waals surface area (Å²) >= 11 is 1.72. The van der Waals surface area contributed by atoms with Crippen molar-refractivity contribution in [1.29, 1.82) is 0 Å². The van der Waals surface area contributed by atoms with E-state index in [-0.39, 0.29) is 5.41 Å². The Morgan fingerprint density at radius 3 is 2.94 bits per heavy atom. The molecular formula is C15H17NOS. The molecule has 0 amide bonds. The summed E-state index contributed by atoms with van der Waals surface area (Å²) in [5.74, 6) is 1.02. The normalized spacial score (nSPS) is 16.4. The van der Waals surface area contributed by atoms with Crippen molar-refractivity contribution in [2.45, 2.75) is 25.8 Å². The Kier molecular flexibility index (Phi) is 2.68. The van der Waals surface area contributed by atoms with Gasteiger partial charge in [0.05, 0.1) is 6.61 Å². The van der Waals surface area contributed by atoms with Crippen LogP contribution in [0, 0.1) is 0 Å². The lowest BCUT2D eigenvalue weighted by atomic mass is 9.85. The molecule has 2 nitrogen and oxygen atoms in total. The molecule has 0 radical (unpaired) electrons. The molecule has 2 heterocycles. The molecule has 0 aliphatic carbocycles. The SMILES string of the molecule is CC1(C)COc2ccc(-c3ccsc3CN)cc21. The van der Waals surface area contributed by atoms with Crippen molar-refractivity contribution < 1.29 is 4.74 Å². The first-order valence-corrected chi connectivity index (χ1v) is 7.04. The van der Waals surface area contributed by atoms with Crippen molar-refractivity contribution in [3.05, 3.63) is 40.1 Å². The maximum atomic E-state index is 5.78. The zero-order valence-corrected chi connectivity index (χ0v) is 11.5. The maximum Gasteiger partial charge on any atom is 0.123 e. The second-order valence-corrected chi connectivity index (χ2v) is 6.35. The summed E-state index contributed by atoms with van der Waals surface area (Å²) in [6.07, 6.45) is 0. The number of hydrogen-bond acceptors (Lipinski definition) is 3. The van der Waals surface area contributed by atoms with Crippen molar-refractivity contribution >= 4 is 11.3 Å². The molecule has 0 saturated heterocycles. The molecular weight excluding hydrogens is 242 g/mol. The van der Waals surface area contributed by atoms with Gasteiger partial charge >= 0.3 is 0 Å². The van der Waals surface area contributed by atoms with Crippen LogP contribution in [0.3, 0.4) is 0 Å². The standard InChI is InChI=1S/C15H17NOS/c1-15(2)9-17-13-4-3-10(7-12(13)15)11-5-6-18-14(11)8-16/h3-7H,8-9,16H2,1-2H3. The third-order valence-corrected chi connectivity index (χ3v) is 4.48. The van der Waals surface area contributed by atoms with Crippen LogP contribution in [-0.4, -0.2) is 6.61 Å². The van der Waals surface area contributed by atoms with Gasteiger partial charge in [0.25, 0.3) is 0 Å². The van der Waals surface area contributed by atoms with Crippen molar-refractivity contribution in [3.8, 4) is 16.9 Å². The van der Waals surface area contributed by atoms with Crippen LogP contribution in [-0.2, 0) is 12.0 Å². The average Bonchev–Trinajstić information content (AvgIpc) is 2.94. The van der Waals surface area contributed by atoms with E-state index in [1.54, 1.807) is 11.3 Å². The predicted octanol–water partition coefficient (Wildman–Crippen LogP) is 3.54. The molecule has 94 valence electrons. The molecule has 0 spiro atoms. The van der Waals surface area contributed by atoms with Crippen LogP contribution in [0.4, 0.5) is 0 Å². The Bertz CT molecular complexity index is 586. The molecule has 1 aromatic heterocycles. The molecule has 0 saturated carbocycles. The average molecular weight is 259 g/mol. The fourth-order valence-electron chi connectivity index (χ4n) is 2.44. The van der Waals surface area contributed by atoms with Gasteiger partial charge < -0.3 is 10.5 Å². The highest BCUT2D eigenvalue weighted by atomic mass is 32.1. The van der Waals surface area contributed by atoms with E-state index in [0.717, 1.165) is 12.4 Å². The number of hydrogen-bond donors (Lipinski definition) is 1. The monoisotopic (exact) mass is 259 g/mol. The molecule has 1 aliphatic heterocycles. The lowest BCUT2D eigenvalue weighted by Gasteiger charge is -2.16. The van der Waals surface area contributed by atoms with Gasteiger partial charge in [-0.15, -0.1) is 11.3 Å². The summed E-state index contributed by atoms with van der Waals surface area (Å²) in [5, 5.41) is 2.10. The summed E-state index contributed by atoms with van der Waals surface area (Å²) < 4.78 is 5.72. The smallest absolute Gasteiger partial charge is 0.123 e. The molecule has 1 aromatic carbocycles. The largest absolute Gasteiger partial charge is 0.492 e. The third kappa shape index (κ3) is 1.74. The van der Waals surface area contributed by atoms with Gasteiger partial charge in [0.15, 0.2) is 0 Å². The molecule has 1 aliphatic rings. The zero-order valence-electron chi connectivity index (χ0n) is 10.7. The van der Waals surface area contributed by atoms with Crippen molar-refractivity contribution in [2.75, 3.05) is 6.61 Å². The maximum absolute atomic E-state index is 5.78. The molecule has 3 heteroatoms. The van der Waals surface area contributed by atoms with Gasteiger partial charge in [0.1, 0.15) is 5.75 Å². The van der Waals surface area contributed by atoms with E-state index in [0.29, 0.717) is 6.54 Å². The van der Waals surface area contributed by atoms with Gasteiger partial charge in [-0.2, -0.15) is 0 Å². The number of benzene rings is 1. The summed E-state index contributed by atoms with van der Waals surface area (Å²) in [7, 11) is 0. The van der Waals surface area contributed by atoms with Crippen LogP contribution in [0.25, 0.3) is 11.1 Å². The molecule has 2 N–H and O–H groups in total. The minimum Gasteiger partial charge on any atom is -0.492 e. The highest BCUT2D eigenvalue weighted by Crippen LogP contribution is 2.41. The Balaban J connectivity index is 2.11. The molecule has 0 atom stereocenters. The molecule has 18 heavy (non-hydrogen) atoms. The van der Waals surface area contributed by atoms with E-state index < -0.39 is 0 Å². The van der Waals surface area contributed by atoms with E-state index in [9.17, 15) is 0 Å². The Morgan fingerprint density at radius 1 is 1.33 bits per heavy atom. The molecule has 0 bridgehead atoms. The van der Waals surface area contributed by atoms with Crippen LogP contribution in [0.5, 0.6) is 5.75 Å². The van der Waals surface area contributed by atoms with Gasteiger partial charge in [-0.05, 0) is 34.7 Å². The van der Waals surface area contributed by atoms with E-state index in [4.69, 9.17) is 10.5 Å². The first kappa shape index (κ1) is 11.8. The highest BCUT2D eigenvalue weighted by molar-refractivity contribution is 7.10. The quantitative estimate of drug-likeness (QED) is 0.895. The van der Waals surface area contributed by atoms with Crippen LogP contribution >= 0.6 is 11.3 Å². The van der Waals surface area contributed by atoms with Crippen molar-refractivity contribution in [2.24, 2.45) is 5.73 Å². The fourth-order valence-corrected chi connectivity index (χ4v) is 3.22. The number of nitrogens with two attached hydrogens (primary N) is 1. The second kappa shape index (κ2) is 4.11. The van der Waals surface area contributed by atoms with Crippen molar-refractivity contribution in [3.63, 3.8) is 0 Å². The second-order valence-electron chi connectivity index (χ2n) is 5.35. The molecule has 0 unspecified atom stereocenters. The molecule has 3 rings (SSSR count). The number of thiophene rings is 1. The van der Waals surface area contributed by atoms with E-state index in [2.05, 4.69) is 43.5 Å². The Hall–Kier alpha value is -1.32. The van der Waals surface area contributed by atoms with Crippen LogP contribution in [0.15, 0.2) is 29.6 Å². The summed E-state index contributed by atoms with van der Waals surface area (Å²) in [6.45, 7) is 5.81. The summed E-state index contributed by atoms with van der Waals surface area (Å²) in [6, 6.07) is 8.61. The zero-order chi connectivity index (χ0) is 12.8. The van der Waals surface area contributed by atoms with Crippen LogP contribution in [0.1, 0.15) is 24.3 Å².